The van der Waals surface area contributed by atoms with Crippen LogP contribution in [0, 0.1) is 0 Å². The number of pyridine rings is 1. The Morgan fingerprint density at radius 1 is 1.38 bits per heavy atom. The highest BCUT2D eigenvalue weighted by atomic mass is 32.2. The van der Waals surface area contributed by atoms with Crippen LogP contribution in [0.2, 0.25) is 0 Å². The number of fused-ring (bicyclic) bond motifs is 2. The number of benzene rings is 1. The number of hydrogen-bond acceptors (Lipinski definition) is 6. The molecule has 1 unspecified atom stereocenters. The second-order valence-electron chi connectivity index (χ2n) is 6.27. The van der Waals surface area contributed by atoms with E-state index < -0.39 is 12.2 Å². The molecule has 4 rings (SSSR count). The van der Waals surface area contributed by atoms with Gasteiger partial charge in [-0.1, -0.05) is 23.9 Å². The molecular weight excluding hydrogens is 355 g/mol. The van der Waals surface area contributed by atoms with Crippen LogP contribution in [0.3, 0.4) is 0 Å². The molecule has 2 aromatic rings. The zero-order chi connectivity index (χ0) is 18.1. The number of carbonyl (C=O) groups excluding carboxylic acids is 1. The van der Waals surface area contributed by atoms with Gasteiger partial charge in [-0.3, -0.25) is 9.78 Å². The third-order valence-corrected chi connectivity index (χ3v) is 5.47. The molecule has 0 saturated heterocycles. The predicted octanol–water partition coefficient (Wildman–Crippen LogP) is 2.59. The lowest BCUT2D eigenvalue weighted by atomic mass is 9.87. The van der Waals surface area contributed by atoms with Crippen molar-refractivity contribution < 1.29 is 13.9 Å². The van der Waals surface area contributed by atoms with Gasteiger partial charge in [0.05, 0.1) is 13.2 Å². The minimum atomic E-state index is -0.606. The minimum absolute atomic E-state index is 0.233. The molecule has 0 fully saturated rings. The van der Waals surface area contributed by atoms with Crippen molar-refractivity contribution in [2.75, 3.05) is 17.7 Å². The number of amides is 1. The highest BCUT2D eigenvalue weighted by Gasteiger charge is 2.41. The summed E-state index contributed by atoms with van der Waals surface area (Å²) in [6, 6.07) is 8.74. The van der Waals surface area contributed by atoms with Crippen molar-refractivity contribution in [3.05, 3.63) is 58.9 Å². The molecule has 0 aliphatic carbocycles. The third-order valence-electron chi connectivity index (χ3n) is 4.46. The Hall–Kier alpha value is -2.45. The van der Waals surface area contributed by atoms with E-state index in [1.165, 1.54) is 24.0 Å². The number of carbonyl (C=O) groups is 1. The average Bonchev–Trinajstić information content (AvgIpc) is 3.04. The van der Waals surface area contributed by atoms with Gasteiger partial charge in [0.15, 0.2) is 5.17 Å². The summed E-state index contributed by atoms with van der Waals surface area (Å²) < 4.78 is 18.3. The molecule has 3 heterocycles. The molecule has 1 amide bonds. The molecule has 2 aliphatic rings. The Bertz CT molecular complexity index is 887. The maximum atomic E-state index is 12.6. The van der Waals surface area contributed by atoms with Gasteiger partial charge in [-0.15, -0.1) is 0 Å². The van der Waals surface area contributed by atoms with Gasteiger partial charge < -0.3 is 15.8 Å². The summed E-state index contributed by atoms with van der Waals surface area (Å²) in [5, 5.41) is 3.39. The Labute approximate surface area is 154 Å². The number of rotatable bonds is 3. The van der Waals surface area contributed by atoms with Crippen LogP contribution < -0.4 is 11.1 Å². The molecule has 6 nitrogen and oxygen atoms in total. The molecule has 1 aromatic heterocycles. The molecule has 8 heteroatoms. The number of anilines is 1. The van der Waals surface area contributed by atoms with Crippen molar-refractivity contribution in [3.8, 4) is 0 Å². The lowest BCUT2D eigenvalue weighted by Crippen LogP contribution is -2.35. The van der Waals surface area contributed by atoms with Crippen LogP contribution in [0.1, 0.15) is 27.2 Å². The number of nitrogens with two attached hydrogens (primary N) is 1. The smallest absolute Gasteiger partial charge is 0.274 e. The first kappa shape index (κ1) is 17.0. The Morgan fingerprint density at radius 2 is 2.27 bits per heavy atom. The maximum Gasteiger partial charge on any atom is 0.274 e. The molecule has 1 aromatic carbocycles. The number of aromatic nitrogens is 1. The van der Waals surface area contributed by atoms with Crippen LogP contribution in [-0.2, 0) is 23.6 Å². The summed E-state index contributed by atoms with van der Waals surface area (Å²) in [7, 11) is 0. The van der Waals surface area contributed by atoms with Crippen LogP contribution in [0.5, 0.6) is 0 Å². The summed E-state index contributed by atoms with van der Waals surface area (Å²) in [6.07, 6.45) is 1.36. The maximum absolute atomic E-state index is 12.6. The predicted molar refractivity (Wildman–Crippen MR) is 98.9 cm³/mol. The lowest BCUT2D eigenvalue weighted by molar-refractivity contribution is 0.0634. The Balaban J connectivity index is 1.60. The van der Waals surface area contributed by atoms with Crippen molar-refractivity contribution >= 4 is 28.5 Å². The average molecular weight is 372 g/mol. The van der Waals surface area contributed by atoms with Crippen molar-refractivity contribution in [2.24, 2.45) is 10.7 Å². The fourth-order valence-electron chi connectivity index (χ4n) is 3.13. The molecular formula is C18H17FN4O2S. The monoisotopic (exact) mass is 372 g/mol. The number of nitrogens with zero attached hydrogens (tertiary/aromatic N) is 2. The number of ether oxygens (including phenoxy) is 1. The van der Waals surface area contributed by atoms with E-state index in [0.29, 0.717) is 29.6 Å². The van der Waals surface area contributed by atoms with Gasteiger partial charge in [0, 0.05) is 23.2 Å². The van der Waals surface area contributed by atoms with E-state index >= 15 is 0 Å². The molecule has 2 aliphatic heterocycles. The van der Waals surface area contributed by atoms with Crippen molar-refractivity contribution in [1.29, 1.82) is 0 Å². The van der Waals surface area contributed by atoms with Gasteiger partial charge in [0.1, 0.15) is 17.9 Å². The van der Waals surface area contributed by atoms with Gasteiger partial charge in [0.25, 0.3) is 5.91 Å². The van der Waals surface area contributed by atoms with E-state index in [2.05, 4.69) is 15.3 Å². The molecule has 0 bridgehead atoms. The highest BCUT2D eigenvalue weighted by Crippen LogP contribution is 2.41. The Kier molecular flexibility index (Phi) is 4.37. The quantitative estimate of drug-likeness (QED) is 0.864. The number of aliphatic imine (C=N–C) groups is 1. The molecule has 3 N–H and O–H groups in total. The van der Waals surface area contributed by atoms with Crippen LogP contribution in [-0.4, -0.2) is 28.4 Å². The summed E-state index contributed by atoms with van der Waals surface area (Å²) in [5.74, 6) is 0.371. The summed E-state index contributed by atoms with van der Waals surface area (Å²) in [5.41, 5.74) is 8.76. The van der Waals surface area contributed by atoms with Gasteiger partial charge in [0.2, 0.25) is 0 Å². The molecule has 1 spiro atoms. The number of thioether (sulfide) groups is 1. The normalized spacial score (nSPS) is 21.3. The number of alkyl halides is 1. The zero-order valence-corrected chi connectivity index (χ0v) is 14.7. The number of amidine groups is 1. The van der Waals surface area contributed by atoms with Gasteiger partial charge >= 0.3 is 0 Å². The lowest BCUT2D eigenvalue weighted by Gasteiger charge is -2.32. The third kappa shape index (κ3) is 3.06. The van der Waals surface area contributed by atoms with E-state index in [0.717, 1.165) is 16.9 Å². The van der Waals surface area contributed by atoms with E-state index in [9.17, 15) is 9.18 Å². The molecule has 0 saturated carbocycles. The fourth-order valence-corrected chi connectivity index (χ4v) is 4.06. The SMILES string of the molecule is NC1=NC2(COCc3ccc(NC(=O)c4ccc(CF)cn4)cc32)CS1. The number of hydrogen-bond donors (Lipinski definition) is 2. The van der Waals surface area contributed by atoms with Crippen LogP contribution >= 0.6 is 11.8 Å². The first-order valence-electron chi connectivity index (χ1n) is 8.11. The first-order chi connectivity index (χ1) is 12.6. The number of halogens is 1. The van der Waals surface area contributed by atoms with Crippen molar-refractivity contribution in [2.45, 2.75) is 18.8 Å². The van der Waals surface area contributed by atoms with Crippen LogP contribution in [0.25, 0.3) is 0 Å². The highest BCUT2D eigenvalue weighted by molar-refractivity contribution is 8.14. The molecule has 26 heavy (non-hydrogen) atoms. The molecule has 0 radical (unpaired) electrons. The van der Waals surface area contributed by atoms with Crippen LogP contribution in [0.15, 0.2) is 41.5 Å². The van der Waals surface area contributed by atoms with E-state index in [1.807, 2.05) is 18.2 Å². The van der Waals surface area contributed by atoms with E-state index in [1.54, 1.807) is 6.07 Å². The zero-order valence-electron chi connectivity index (χ0n) is 13.9. The van der Waals surface area contributed by atoms with Crippen molar-refractivity contribution in [1.82, 2.24) is 4.98 Å². The summed E-state index contributed by atoms with van der Waals surface area (Å²) in [6.45, 7) is 0.376. The van der Waals surface area contributed by atoms with Crippen LogP contribution in [0.4, 0.5) is 10.1 Å². The number of nitrogens with one attached hydrogen (secondary N) is 1. The second kappa shape index (κ2) is 6.69. The van der Waals surface area contributed by atoms with E-state index in [4.69, 9.17) is 10.5 Å². The topological polar surface area (TPSA) is 89.6 Å². The first-order valence-corrected chi connectivity index (χ1v) is 9.10. The van der Waals surface area contributed by atoms with Gasteiger partial charge in [-0.25, -0.2) is 9.38 Å². The summed E-state index contributed by atoms with van der Waals surface area (Å²) >= 11 is 1.51. The largest absolute Gasteiger partial charge is 0.379 e. The second-order valence-corrected chi connectivity index (χ2v) is 7.27. The van der Waals surface area contributed by atoms with Gasteiger partial charge in [-0.2, -0.15) is 0 Å². The standard InChI is InChI=1S/C18H17FN4O2S/c19-6-11-1-4-15(21-7-11)16(24)22-13-3-2-12-8-25-9-18(14(12)5-13)10-26-17(20)23-18/h1-5,7H,6,8-10H2,(H2,20,23)(H,22,24). The summed E-state index contributed by atoms with van der Waals surface area (Å²) in [4.78, 5) is 21.0. The Morgan fingerprint density at radius 3 is 2.96 bits per heavy atom. The van der Waals surface area contributed by atoms with E-state index in [-0.39, 0.29) is 11.6 Å². The van der Waals surface area contributed by atoms with Crippen molar-refractivity contribution in [3.63, 3.8) is 0 Å². The van der Waals surface area contributed by atoms with Gasteiger partial charge in [-0.05, 0) is 29.3 Å². The fraction of sp³-hybridized carbons (Fsp3) is 0.278. The minimum Gasteiger partial charge on any atom is -0.379 e. The molecule has 134 valence electrons. The molecule has 1 atom stereocenters.